The van der Waals surface area contributed by atoms with E-state index in [0.29, 0.717) is 11.3 Å². The van der Waals surface area contributed by atoms with Gasteiger partial charge in [0.15, 0.2) is 0 Å². The zero-order valence-electron chi connectivity index (χ0n) is 12.2. The average molecular weight is 352 g/mol. The Balaban J connectivity index is 1.66. The summed E-state index contributed by atoms with van der Waals surface area (Å²) in [5.74, 6) is 1.33. The van der Waals surface area contributed by atoms with E-state index in [1.807, 2.05) is 0 Å². The quantitative estimate of drug-likeness (QED) is 0.844. The van der Waals surface area contributed by atoms with Gasteiger partial charge in [0.05, 0.1) is 17.9 Å². The predicted molar refractivity (Wildman–Crippen MR) is 96.1 cm³/mol. The lowest BCUT2D eigenvalue weighted by molar-refractivity contribution is -0.113. The number of carbonyl (C=O) groups excluding carboxylic acids is 1. The van der Waals surface area contributed by atoms with Crippen LogP contribution in [0.15, 0.2) is 4.99 Å². The van der Waals surface area contributed by atoms with Crippen LogP contribution in [0.1, 0.15) is 35.3 Å². The first-order chi connectivity index (χ1) is 10.8. The van der Waals surface area contributed by atoms with E-state index in [9.17, 15) is 10.1 Å². The SMILES string of the molecule is N#Cc1c(NC(=O)CSC2=NCCS2)sc2c1CCCCC2. The van der Waals surface area contributed by atoms with E-state index in [0.717, 1.165) is 40.9 Å². The molecule has 2 aliphatic rings. The van der Waals surface area contributed by atoms with Gasteiger partial charge < -0.3 is 5.32 Å². The average Bonchev–Trinajstić information content (AvgIpc) is 3.08. The first-order valence-electron chi connectivity index (χ1n) is 7.42. The molecule has 1 aliphatic carbocycles. The Labute approximate surface area is 142 Å². The van der Waals surface area contributed by atoms with E-state index < -0.39 is 0 Å². The van der Waals surface area contributed by atoms with Crippen molar-refractivity contribution < 1.29 is 4.79 Å². The Bertz CT molecular complexity index is 645. The monoisotopic (exact) mass is 351 g/mol. The number of aliphatic imine (C=N–C) groups is 1. The van der Waals surface area contributed by atoms with E-state index in [1.165, 1.54) is 35.0 Å². The minimum Gasteiger partial charge on any atom is -0.316 e. The molecule has 22 heavy (non-hydrogen) atoms. The molecule has 1 aliphatic heterocycles. The van der Waals surface area contributed by atoms with Crippen molar-refractivity contribution in [2.45, 2.75) is 32.1 Å². The lowest BCUT2D eigenvalue weighted by atomic mass is 10.1. The molecular weight excluding hydrogens is 334 g/mol. The molecule has 116 valence electrons. The van der Waals surface area contributed by atoms with E-state index in [2.05, 4.69) is 16.4 Å². The molecule has 0 atom stereocenters. The van der Waals surface area contributed by atoms with Crippen molar-refractivity contribution >= 4 is 50.1 Å². The van der Waals surface area contributed by atoms with Crippen LogP contribution in [0.3, 0.4) is 0 Å². The summed E-state index contributed by atoms with van der Waals surface area (Å²) in [6.45, 7) is 0.852. The molecule has 2 heterocycles. The standard InChI is InChI=1S/C15H17N3OS3/c16-8-11-10-4-2-1-3-5-12(10)22-14(11)18-13(19)9-21-15-17-6-7-20-15/h1-7,9H2,(H,18,19). The summed E-state index contributed by atoms with van der Waals surface area (Å²) in [7, 11) is 0. The highest BCUT2D eigenvalue weighted by Gasteiger charge is 2.21. The Morgan fingerprint density at radius 1 is 1.36 bits per heavy atom. The number of thiophene rings is 1. The van der Waals surface area contributed by atoms with Crippen LogP contribution in [-0.2, 0) is 17.6 Å². The number of hydrogen-bond donors (Lipinski definition) is 1. The Kier molecular flexibility index (Phi) is 5.45. The van der Waals surface area contributed by atoms with Gasteiger partial charge in [-0.1, -0.05) is 29.9 Å². The summed E-state index contributed by atoms with van der Waals surface area (Å²) >= 11 is 4.78. The summed E-state index contributed by atoms with van der Waals surface area (Å²) < 4.78 is 0.998. The fourth-order valence-corrected chi connectivity index (χ4v) is 5.71. The van der Waals surface area contributed by atoms with Gasteiger partial charge in [0, 0.05) is 10.6 Å². The van der Waals surface area contributed by atoms with Crippen LogP contribution in [0.4, 0.5) is 5.00 Å². The summed E-state index contributed by atoms with van der Waals surface area (Å²) in [4.78, 5) is 17.7. The highest BCUT2D eigenvalue weighted by molar-refractivity contribution is 8.39. The van der Waals surface area contributed by atoms with E-state index in [4.69, 9.17) is 0 Å². The number of hydrogen-bond acceptors (Lipinski definition) is 6. The number of carbonyl (C=O) groups is 1. The molecule has 3 rings (SSSR count). The van der Waals surface area contributed by atoms with Gasteiger partial charge in [0.25, 0.3) is 0 Å². The fraction of sp³-hybridized carbons (Fsp3) is 0.533. The minimum absolute atomic E-state index is 0.0480. The lowest BCUT2D eigenvalue weighted by Crippen LogP contribution is -2.14. The molecular formula is C15H17N3OS3. The van der Waals surface area contributed by atoms with Crippen molar-refractivity contribution in [2.24, 2.45) is 4.99 Å². The van der Waals surface area contributed by atoms with Crippen molar-refractivity contribution in [1.29, 1.82) is 5.26 Å². The Morgan fingerprint density at radius 3 is 3.00 bits per heavy atom. The maximum Gasteiger partial charge on any atom is 0.235 e. The zero-order chi connectivity index (χ0) is 15.4. The molecule has 7 heteroatoms. The number of nitrogens with zero attached hydrogens (tertiary/aromatic N) is 2. The number of anilines is 1. The second-order valence-corrected chi connectivity index (χ2v) is 8.62. The minimum atomic E-state index is -0.0480. The Hall–Kier alpha value is -0.970. The van der Waals surface area contributed by atoms with Crippen LogP contribution in [0.25, 0.3) is 0 Å². The molecule has 1 aromatic rings. The first-order valence-corrected chi connectivity index (χ1v) is 10.2. The second kappa shape index (κ2) is 7.53. The van der Waals surface area contributed by atoms with Crippen LogP contribution in [0.5, 0.6) is 0 Å². The molecule has 0 spiro atoms. The molecule has 0 radical (unpaired) electrons. The molecule has 0 unspecified atom stereocenters. The van der Waals surface area contributed by atoms with Crippen molar-refractivity contribution in [1.82, 2.24) is 0 Å². The van der Waals surface area contributed by atoms with E-state index >= 15 is 0 Å². The third kappa shape index (κ3) is 3.67. The molecule has 0 bridgehead atoms. The molecule has 0 saturated heterocycles. The highest BCUT2D eigenvalue weighted by Crippen LogP contribution is 2.37. The number of aryl methyl sites for hydroxylation is 1. The first kappa shape index (κ1) is 15.9. The molecule has 1 amide bonds. The summed E-state index contributed by atoms with van der Waals surface area (Å²) in [5.41, 5.74) is 1.86. The zero-order valence-corrected chi connectivity index (χ0v) is 14.6. The number of thioether (sulfide) groups is 2. The molecule has 0 aromatic carbocycles. The molecule has 1 aromatic heterocycles. The maximum atomic E-state index is 12.1. The predicted octanol–water partition coefficient (Wildman–Crippen LogP) is 3.66. The van der Waals surface area contributed by atoms with Crippen molar-refractivity contribution in [3.63, 3.8) is 0 Å². The van der Waals surface area contributed by atoms with Crippen LogP contribution in [0, 0.1) is 11.3 Å². The summed E-state index contributed by atoms with van der Waals surface area (Å²) in [5, 5.41) is 13.1. The van der Waals surface area contributed by atoms with Gasteiger partial charge in [-0.3, -0.25) is 9.79 Å². The van der Waals surface area contributed by atoms with Crippen LogP contribution in [0.2, 0.25) is 0 Å². The highest BCUT2D eigenvalue weighted by atomic mass is 32.2. The van der Waals surface area contributed by atoms with Crippen LogP contribution in [-0.4, -0.2) is 28.3 Å². The van der Waals surface area contributed by atoms with Gasteiger partial charge in [-0.15, -0.1) is 11.3 Å². The van der Waals surface area contributed by atoms with Gasteiger partial charge in [-0.25, -0.2) is 0 Å². The van der Waals surface area contributed by atoms with Crippen LogP contribution >= 0.6 is 34.9 Å². The molecule has 0 fully saturated rings. The van der Waals surface area contributed by atoms with Gasteiger partial charge >= 0.3 is 0 Å². The molecule has 1 N–H and O–H groups in total. The fourth-order valence-electron chi connectivity index (χ4n) is 2.64. The van der Waals surface area contributed by atoms with Crippen molar-refractivity contribution in [3.05, 3.63) is 16.0 Å². The number of rotatable bonds is 3. The maximum absolute atomic E-state index is 12.1. The Morgan fingerprint density at radius 2 is 2.23 bits per heavy atom. The van der Waals surface area contributed by atoms with E-state index in [1.54, 1.807) is 23.1 Å². The molecule has 4 nitrogen and oxygen atoms in total. The van der Waals surface area contributed by atoms with E-state index in [-0.39, 0.29) is 5.91 Å². The van der Waals surface area contributed by atoms with Gasteiger partial charge in [0.1, 0.15) is 15.4 Å². The number of nitrogens with one attached hydrogen (secondary N) is 1. The topological polar surface area (TPSA) is 65.2 Å². The summed E-state index contributed by atoms with van der Waals surface area (Å²) in [6, 6.07) is 2.30. The number of fused-ring (bicyclic) bond motifs is 1. The van der Waals surface area contributed by atoms with Crippen molar-refractivity contribution in [2.75, 3.05) is 23.4 Å². The molecule has 0 saturated carbocycles. The van der Waals surface area contributed by atoms with Gasteiger partial charge in [0.2, 0.25) is 5.91 Å². The largest absolute Gasteiger partial charge is 0.316 e. The van der Waals surface area contributed by atoms with Gasteiger partial charge in [-0.2, -0.15) is 5.26 Å². The third-order valence-corrected chi connectivity index (χ3v) is 7.13. The normalized spacial score (nSPS) is 17.3. The van der Waals surface area contributed by atoms with Crippen LogP contribution < -0.4 is 5.32 Å². The smallest absolute Gasteiger partial charge is 0.235 e. The van der Waals surface area contributed by atoms with Crippen molar-refractivity contribution in [3.8, 4) is 6.07 Å². The summed E-state index contributed by atoms with van der Waals surface area (Å²) in [6.07, 6.45) is 5.54. The third-order valence-electron chi connectivity index (χ3n) is 3.67. The lowest BCUT2D eigenvalue weighted by Gasteiger charge is -2.03. The second-order valence-electron chi connectivity index (χ2n) is 5.21. The number of amides is 1. The van der Waals surface area contributed by atoms with Gasteiger partial charge in [-0.05, 0) is 31.2 Å². The number of nitriles is 1.